The molecule has 0 aromatic heterocycles. The zero-order valence-electron chi connectivity index (χ0n) is 15.0. The van der Waals surface area contributed by atoms with Crippen LogP contribution in [0.2, 0.25) is 0 Å². The zero-order chi connectivity index (χ0) is 16.8. The van der Waals surface area contributed by atoms with Crippen molar-refractivity contribution in [2.24, 2.45) is 0 Å². The molecule has 0 spiro atoms. The molecule has 20 heavy (non-hydrogen) atoms. The van der Waals surface area contributed by atoms with Gasteiger partial charge >= 0.3 is 5.97 Å². The van der Waals surface area contributed by atoms with Crippen LogP contribution >= 0.6 is 0 Å². The Kier molecular flexibility index (Phi) is 6.66. The van der Waals surface area contributed by atoms with Crippen LogP contribution in [0.4, 0.5) is 0 Å². The molecule has 0 amide bonds. The van der Waals surface area contributed by atoms with Crippen molar-refractivity contribution < 1.29 is 17.4 Å². The first-order valence-electron chi connectivity index (χ1n) is 8.42. The summed E-state index contributed by atoms with van der Waals surface area (Å²) in [6, 6.07) is 0.650. The van der Waals surface area contributed by atoms with Gasteiger partial charge in [-0.2, -0.15) is 0 Å². The highest BCUT2D eigenvalue weighted by atomic mass is 16.5. The molecule has 0 saturated carbocycles. The molecule has 0 aromatic rings. The highest BCUT2D eigenvalue weighted by Gasteiger charge is 2.23. The number of ether oxygens (including phenoxy) is 1. The predicted molar refractivity (Wildman–Crippen MR) is 79.6 cm³/mol. The molecule has 2 saturated heterocycles. The van der Waals surface area contributed by atoms with Crippen molar-refractivity contribution >= 4 is 5.97 Å². The number of likely N-dealkylation sites (tertiary alicyclic amines) is 2. The average molecular weight is 288 g/mol. The van der Waals surface area contributed by atoms with Crippen LogP contribution in [0.1, 0.15) is 41.3 Å². The zero-order valence-corrected chi connectivity index (χ0v) is 13.0. The fourth-order valence-corrected chi connectivity index (χ4v) is 2.86. The average Bonchev–Trinajstić information content (AvgIpc) is 2.99. The molecule has 5 nitrogen and oxygen atoms in total. The number of hydrogen-bond acceptors (Lipinski definition) is 5. The third-order valence-corrected chi connectivity index (χ3v) is 4.30. The lowest BCUT2D eigenvalue weighted by atomic mass is 10.1. The Balaban J connectivity index is 0.000000220. The quantitative estimate of drug-likeness (QED) is 0.785. The van der Waals surface area contributed by atoms with Gasteiger partial charge in [-0.1, -0.05) is 0 Å². The Morgan fingerprint density at radius 2 is 1.80 bits per heavy atom. The van der Waals surface area contributed by atoms with Crippen LogP contribution in [-0.2, 0) is 9.53 Å². The van der Waals surface area contributed by atoms with Crippen LogP contribution in [0.5, 0.6) is 0 Å². The van der Waals surface area contributed by atoms with E-state index in [0.29, 0.717) is 12.5 Å². The molecule has 2 aliphatic heterocycles. The minimum absolute atomic E-state index is 0.0938. The smallest absolute Gasteiger partial charge is 0.307 e. The van der Waals surface area contributed by atoms with Gasteiger partial charge in [0.2, 0.25) is 0 Å². The first-order chi connectivity index (χ1) is 10.2. The number of esters is 1. The summed E-state index contributed by atoms with van der Waals surface area (Å²) >= 11 is 0. The maximum Gasteiger partial charge on any atom is 0.307 e. The minimum Gasteiger partial charge on any atom is -0.469 e. The molecule has 0 unspecified atom stereocenters. The van der Waals surface area contributed by atoms with E-state index in [-0.39, 0.29) is 18.4 Å². The Morgan fingerprint density at radius 1 is 1.25 bits per heavy atom. The summed E-state index contributed by atoms with van der Waals surface area (Å²) in [6.45, 7) is 0.145. The van der Waals surface area contributed by atoms with E-state index in [4.69, 9.17) is 7.85 Å². The topological polar surface area (TPSA) is 53.0 Å². The standard InChI is InChI=1S/C8H15NO2.C7H15NO/c1-9-5-3-4-7(9)6-8(10)11-2;1-8-5-2-3-7(8)4-6-9/h7H,3-6H2,1-2H3;7,9H,2-6H2,1H3/t2*7-/m11/s1/i;6D2. The van der Waals surface area contributed by atoms with E-state index in [1.807, 2.05) is 7.05 Å². The van der Waals surface area contributed by atoms with Crippen molar-refractivity contribution in [1.82, 2.24) is 9.80 Å². The number of rotatable bonds is 4. The van der Waals surface area contributed by atoms with Crippen LogP contribution in [0, 0.1) is 0 Å². The summed E-state index contributed by atoms with van der Waals surface area (Å²) in [7, 11) is 5.47. The fourth-order valence-electron chi connectivity index (χ4n) is 2.86. The molecule has 2 aliphatic rings. The van der Waals surface area contributed by atoms with Crippen molar-refractivity contribution in [3.8, 4) is 0 Å². The lowest BCUT2D eigenvalue weighted by Gasteiger charge is -2.17. The van der Waals surface area contributed by atoms with Gasteiger partial charge in [-0.25, -0.2) is 0 Å². The summed E-state index contributed by atoms with van der Waals surface area (Å²) in [5, 5.41) is 8.90. The first-order valence-corrected chi connectivity index (χ1v) is 7.42. The van der Waals surface area contributed by atoms with E-state index in [1.165, 1.54) is 13.5 Å². The number of aliphatic hydroxyl groups is 1. The van der Waals surface area contributed by atoms with E-state index in [9.17, 15) is 4.79 Å². The highest BCUT2D eigenvalue weighted by Crippen LogP contribution is 2.18. The second-order valence-electron chi connectivity index (χ2n) is 5.70. The van der Waals surface area contributed by atoms with Crippen molar-refractivity contribution in [3.63, 3.8) is 0 Å². The van der Waals surface area contributed by atoms with Crippen LogP contribution in [0.15, 0.2) is 0 Å². The number of nitrogens with zero attached hydrogens (tertiary/aromatic N) is 2. The molecule has 0 aliphatic carbocycles. The highest BCUT2D eigenvalue weighted by molar-refractivity contribution is 5.69. The van der Waals surface area contributed by atoms with Crippen LogP contribution in [-0.4, -0.2) is 73.8 Å². The summed E-state index contributed by atoms with van der Waals surface area (Å²) in [6.07, 6.45) is 5.26. The van der Waals surface area contributed by atoms with Gasteiger partial charge in [-0.3, -0.25) is 4.79 Å². The molecule has 1 N–H and O–H groups in total. The summed E-state index contributed by atoms with van der Waals surface area (Å²) in [4.78, 5) is 15.2. The number of methoxy groups -OCH3 is 1. The number of hydrogen-bond donors (Lipinski definition) is 1. The molecule has 5 heteroatoms. The largest absolute Gasteiger partial charge is 0.469 e. The van der Waals surface area contributed by atoms with Gasteiger partial charge in [-0.05, 0) is 59.3 Å². The normalized spacial score (nSPS) is 29.4. The SMILES string of the molecule is COC(=O)C[C@H]1CCCN1C.[2H]C([2H])(O)C[C@H]1CCCN1C. The monoisotopic (exact) mass is 288 g/mol. The molecule has 2 heterocycles. The molecule has 118 valence electrons. The molecule has 2 rings (SSSR count). The first kappa shape index (κ1) is 14.3. The van der Waals surface area contributed by atoms with Gasteiger partial charge in [-0.15, -0.1) is 0 Å². The van der Waals surface area contributed by atoms with Crippen LogP contribution < -0.4 is 0 Å². The summed E-state index contributed by atoms with van der Waals surface area (Å²) in [5.74, 6) is -0.0938. The second-order valence-corrected chi connectivity index (χ2v) is 5.70. The lowest BCUT2D eigenvalue weighted by molar-refractivity contribution is -0.141. The maximum absolute atomic E-state index is 10.9. The number of carbonyl (C=O) groups excluding carboxylic acids is 1. The minimum atomic E-state index is -2.00. The Morgan fingerprint density at radius 3 is 2.20 bits per heavy atom. The number of carbonyl (C=O) groups is 1. The molecule has 0 bridgehead atoms. The van der Waals surface area contributed by atoms with Gasteiger partial charge in [0.1, 0.15) is 0 Å². The van der Waals surface area contributed by atoms with E-state index in [2.05, 4.69) is 21.6 Å². The van der Waals surface area contributed by atoms with Gasteiger partial charge in [0, 0.05) is 18.6 Å². The van der Waals surface area contributed by atoms with Gasteiger partial charge in [0.05, 0.1) is 16.3 Å². The van der Waals surface area contributed by atoms with Crippen molar-refractivity contribution in [2.75, 3.05) is 40.9 Å². The third kappa shape index (κ3) is 5.77. The molecular weight excluding hydrogens is 256 g/mol. The van der Waals surface area contributed by atoms with Gasteiger partial charge < -0.3 is 19.6 Å². The molecule has 2 fully saturated rings. The molecule has 2 atom stereocenters. The second kappa shape index (κ2) is 9.32. The van der Waals surface area contributed by atoms with Crippen molar-refractivity contribution in [2.45, 2.75) is 50.6 Å². The molecule has 0 aromatic carbocycles. The Hall–Kier alpha value is -0.650. The fraction of sp³-hybridized carbons (Fsp3) is 0.933. The molecular formula is C15H30N2O3. The lowest BCUT2D eigenvalue weighted by Crippen LogP contribution is -2.27. The van der Waals surface area contributed by atoms with Gasteiger partial charge in [0.25, 0.3) is 0 Å². The summed E-state index contributed by atoms with van der Waals surface area (Å²) < 4.78 is 18.6. The van der Waals surface area contributed by atoms with E-state index >= 15 is 0 Å². The maximum atomic E-state index is 10.9. The van der Waals surface area contributed by atoms with E-state index < -0.39 is 6.56 Å². The van der Waals surface area contributed by atoms with Gasteiger partial charge in [0.15, 0.2) is 0 Å². The molecule has 0 radical (unpaired) electrons. The van der Waals surface area contributed by atoms with E-state index in [1.54, 1.807) is 0 Å². The van der Waals surface area contributed by atoms with Crippen LogP contribution in [0.25, 0.3) is 0 Å². The Labute approximate surface area is 125 Å². The Bertz CT molecular complexity index is 350. The van der Waals surface area contributed by atoms with E-state index in [0.717, 1.165) is 32.4 Å². The van der Waals surface area contributed by atoms with Crippen molar-refractivity contribution in [1.29, 1.82) is 0 Å². The predicted octanol–water partition coefficient (Wildman–Crippen LogP) is 1.11. The van der Waals surface area contributed by atoms with Crippen molar-refractivity contribution in [3.05, 3.63) is 0 Å². The third-order valence-electron chi connectivity index (χ3n) is 4.30. The van der Waals surface area contributed by atoms with Crippen LogP contribution in [0.3, 0.4) is 0 Å². The summed E-state index contributed by atoms with van der Waals surface area (Å²) in [5.41, 5.74) is 0.